The van der Waals surface area contributed by atoms with Crippen molar-refractivity contribution >= 4 is 23.0 Å². The Hall–Kier alpha value is -2.76. The molecule has 0 aliphatic carbocycles. The van der Waals surface area contributed by atoms with Crippen molar-refractivity contribution in [3.05, 3.63) is 59.9 Å². The van der Waals surface area contributed by atoms with Crippen molar-refractivity contribution in [2.45, 2.75) is 48.9 Å². The van der Waals surface area contributed by atoms with Gasteiger partial charge in [0, 0.05) is 18.8 Å². The van der Waals surface area contributed by atoms with Crippen molar-refractivity contribution in [3.63, 3.8) is 0 Å². The molecule has 0 spiro atoms. The molecule has 4 rings (SSSR count). The highest BCUT2D eigenvalue weighted by molar-refractivity contribution is 7.79. The number of imide groups is 1. The van der Waals surface area contributed by atoms with Crippen LogP contribution in [-0.4, -0.2) is 59.6 Å². The summed E-state index contributed by atoms with van der Waals surface area (Å²) in [6, 6.07) is 7.32. The Morgan fingerprint density at radius 2 is 1.85 bits per heavy atom. The molecule has 176 valence electrons. The number of carbonyl (C=O) groups is 2. The molecular weight excluding hydrogens is 449 g/mol. The lowest BCUT2D eigenvalue weighted by Crippen LogP contribution is -2.65. The van der Waals surface area contributed by atoms with E-state index in [1.807, 2.05) is 0 Å². The number of likely N-dealkylation sites (tertiary alicyclic amines) is 1. The zero-order chi connectivity index (χ0) is 23.4. The molecule has 2 N–H and O–H groups in total. The lowest BCUT2D eigenvalue weighted by Gasteiger charge is -2.45. The van der Waals surface area contributed by atoms with Gasteiger partial charge in [0.25, 0.3) is 5.91 Å². The summed E-state index contributed by atoms with van der Waals surface area (Å²) in [6.07, 6.45) is 5.52. The number of hydrogen-bond donors (Lipinski definition) is 2. The first-order chi connectivity index (χ1) is 15.9. The van der Waals surface area contributed by atoms with Gasteiger partial charge in [-0.05, 0) is 79.5 Å². The largest absolute Gasteiger partial charge is 0.771 e. The van der Waals surface area contributed by atoms with Crippen molar-refractivity contribution < 1.29 is 22.7 Å². The molecule has 1 aromatic carbocycles. The van der Waals surface area contributed by atoms with E-state index >= 15 is 0 Å². The van der Waals surface area contributed by atoms with E-state index in [-0.39, 0.29) is 18.2 Å². The quantitative estimate of drug-likeness (QED) is 0.439. The smallest absolute Gasteiger partial charge is 0.322 e. The average Bonchev–Trinajstić information content (AvgIpc) is 3.08. The number of aryl methyl sites for hydroxylation is 1. The van der Waals surface area contributed by atoms with Crippen LogP contribution in [0.4, 0.5) is 9.18 Å². The first-order valence-corrected chi connectivity index (χ1v) is 12.0. The Kier molecular flexibility index (Phi) is 7.11. The molecule has 2 aliphatic heterocycles. The Labute approximate surface area is 193 Å². The number of rotatable bonds is 8. The molecule has 9 nitrogen and oxygen atoms in total. The molecule has 33 heavy (non-hydrogen) atoms. The van der Waals surface area contributed by atoms with Gasteiger partial charge in [0.05, 0.1) is 0 Å². The van der Waals surface area contributed by atoms with Crippen molar-refractivity contribution in [1.82, 2.24) is 25.5 Å². The van der Waals surface area contributed by atoms with E-state index in [0.29, 0.717) is 44.6 Å². The van der Waals surface area contributed by atoms with Gasteiger partial charge in [-0.25, -0.2) is 19.2 Å². The third-order valence-electron chi connectivity index (χ3n) is 6.37. The zero-order valence-electron chi connectivity index (χ0n) is 17.9. The zero-order valence-corrected chi connectivity index (χ0v) is 18.7. The van der Waals surface area contributed by atoms with E-state index in [9.17, 15) is 22.7 Å². The second-order valence-corrected chi connectivity index (χ2v) is 9.34. The molecule has 3 unspecified atom stereocenters. The van der Waals surface area contributed by atoms with Crippen LogP contribution in [0.1, 0.15) is 43.0 Å². The van der Waals surface area contributed by atoms with Crippen LogP contribution < -0.4 is 10.6 Å². The fourth-order valence-corrected chi connectivity index (χ4v) is 5.83. The predicted octanol–water partition coefficient (Wildman–Crippen LogP) is 1.60. The van der Waals surface area contributed by atoms with Crippen LogP contribution >= 0.6 is 0 Å². The van der Waals surface area contributed by atoms with Gasteiger partial charge in [0.1, 0.15) is 22.6 Å². The summed E-state index contributed by atoms with van der Waals surface area (Å²) < 4.78 is 38.1. The van der Waals surface area contributed by atoms with Gasteiger partial charge in [0.15, 0.2) is 0 Å². The number of piperidine rings is 1. The molecule has 0 radical (unpaired) electrons. The van der Waals surface area contributed by atoms with Crippen LogP contribution in [0.5, 0.6) is 0 Å². The Balaban J connectivity index is 1.50. The van der Waals surface area contributed by atoms with E-state index in [0.717, 1.165) is 5.56 Å². The summed E-state index contributed by atoms with van der Waals surface area (Å²) in [7, 11) is 0. The van der Waals surface area contributed by atoms with Gasteiger partial charge in [-0.1, -0.05) is 12.1 Å². The highest BCUT2D eigenvalue weighted by atomic mass is 32.2. The van der Waals surface area contributed by atoms with Gasteiger partial charge in [-0.2, -0.15) is 0 Å². The molecular formula is C22H25FN5O4S-. The van der Waals surface area contributed by atoms with Crippen molar-refractivity contribution in [2.24, 2.45) is 0 Å². The third-order valence-corrected chi connectivity index (χ3v) is 7.43. The maximum atomic E-state index is 13.2. The Morgan fingerprint density at radius 1 is 1.18 bits per heavy atom. The standard InChI is InChI=1S/C22H26FN5O4S/c23-17-6-4-15(5-7-17)16-8-13-28(14-9-16)20(33(31)32)22(19(29)26-21(30)27-22)10-1-3-18-24-11-2-12-25-18/h2,4-7,11-12,16,20H,1,3,8-10,13-14H2,(H,31,32)(H2,26,27,29,30)/p-1. The van der Waals surface area contributed by atoms with Crippen LogP contribution in [-0.2, 0) is 22.3 Å². The molecule has 3 atom stereocenters. The van der Waals surface area contributed by atoms with Crippen LogP contribution in [0.15, 0.2) is 42.7 Å². The number of hydrogen-bond acceptors (Lipinski definition) is 7. The lowest BCUT2D eigenvalue weighted by atomic mass is 9.86. The maximum absolute atomic E-state index is 13.2. The topological polar surface area (TPSA) is 127 Å². The minimum absolute atomic E-state index is 0.124. The van der Waals surface area contributed by atoms with E-state index in [4.69, 9.17) is 0 Å². The summed E-state index contributed by atoms with van der Waals surface area (Å²) in [5, 5.41) is 3.62. The fraction of sp³-hybridized carbons (Fsp3) is 0.455. The van der Waals surface area contributed by atoms with Gasteiger partial charge < -0.3 is 9.87 Å². The van der Waals surface area contributed by atoms with E-state index in [1.54, 1.807) is 35.5 Å². The monoisotopic (exact) mass is 474 g/mol. The van der Waals surface area contributed by atoms with Crippen molar-refractivity contribution in [1.29, 1.82) is 0 Å². The molecule has 2 aromatic rings. The predicted molar refractivity (Wildman–Crippen MR) is 117 cm³/mol. The molecule has 0 bridgehead atoms. The number of urea groups is 1. The minimum Gasteiger partial charge on any atom is -0.771 e. The number of amides is 3. The van der Waals surface area contributed by atoms with Crippen LogP contribution in [0.25, 0.3) is 0 Å². The molecule has 0 saturated carbocycles. The Bertz CT molecular complexity index is 1020. The molecule has 3 heterocycles. The summed E-state index contributed by atoms with van der Waals surface area (Å²) in [4.78, 5) is 35.0. The number of nitrogens with one attached hydrogen (secondary N) is 2. The third kappa shape index (κ3) is 5.10. The summed E-state index contributed by atoms with van der Waals surface area (Å²) in [5.41, 5.74) is -0.596. The summed E-state index contributed by atoms with van der Waals surface area (Å²) >= 11 is -2.65. The molecule has 2 saturated heterocycles. The molecule has 2 aliphatic rings. The van der Waals surface area contributed by atoms with E-state index < -0.39 is 33.9 Å². The normalized spacial score (nSPS) is 23.7. The number of benzene rings is 1. The van der Waals surface area contributed by atoms with E-state index in [2.05, 4.69) is 20.6 Å². The van der Waals surface area contributed by atoms with Crippen molar-refractivity contribution in [2.75, 3.05) is 13.1 Å². The molecule has 1 aromatic heterocycles. The molecule has 11 heteroatoms. The van der Waals surface area contributed by atoms with Gasteiger partial charge in [0.2, 0.25) is 0 Å². The number of halogens is 1. The van der Waals surface area contributed by atoms with Crippen molar-refractivity contribution in [3.8, 4) is 0 Å². The fourth-order valence-electron chi connectivity index (χ4n) is 4.76. The minimum atomic E-state index is -2.65. The second kappa shape index (κ2) is 10.0. The number of aromatic nitrogens is 2. The molecule has 3 amide bonds. The summed E-state index contributed by atoms with van der Waals surface area (Å²) in [6.45, 7) is 0.848. The lowest BCUT2D eigenvalue weighted by molar-refractivity contribution is -0.126. The number of nitrogens with zero attached hydrogens (tertiary/aromatic N) is 3. The maximum Gasteiger partial charge on any atom is 0.322 e. The SMILES string of the molecule is O=C1NC(=O)C(CCCc2ncccn2)(C(N2CCC(c3ccc(F)cc3)CC2)S(=O)[O-])N1. The second-order valence-electron chi connectivity index (χ2n) is 8.37. The first kappa shape index (κ1) is 23.4. The first-order valence-electron chi connectivity index (χ1n) is 10.9. The average molecular weight is 475 g/mol. The highest BCUT2D eigenvalue weighted by Gasteiger charge is 2.54. The van der Waals surface area contributed by atoms with E-state index in [1.165, 1.54) is 12.1 Å². The molecule has 2 fully saturated rings. The Morgan fingerprint density at radius 3 is 2.42 bits per heavy atom. The van der Waals surface area contributed by atoms with Gasteiger partial charge in [-0.15, -0.1) is 0 Å². The van der Waals surface area contributed by atoms with Crippen LogP contribution in [0.3, 0.4) is 0 Å². The van der Waals surface area contributed by atoms with Crippen LogP contribution in [0.2, 0.25) is 0 Å². The number of carbonyl (C=O) groups excluding carboxylic acids is 2. The highest BCUT2D eigenvalue weighted by Crippen LogP contribution is 2.34. The van der Waals surface area contributed by atoms with Gasteiger partial charge in [-0.3, -0.25) is 19.2 Å². The van der Waals surface area contributed by atoms with Gasteiger partial charge >= 0.3 is 6.03 Å². The van der Waals surface area contributed by atoms with Crippen LogP contribution in [0, 0.1) is 5.82 Å². The summed E-state index contributed by atoms with van der Waals surface area (Å²) in [5.74, 6) is -0.196.